The average Bonchev–Trinajstić information content (AvgIpc) is 2.61. The highest BCUT2D eigenvalue weighted by Crippen LogP contribution is 2.25. The van der Waals surface area contributed by atoms with E-state index in [1.807, 2.05) is 43.0 Å². The van der Waals surface area contributed by atoms with Gasteiger partial charge in [0.2, 0.25) is 5.91 Å². The van der Waals surface area contributed by atoms with E-state index in [1.165, 1.54) is 0 Å². The van der Waals surface area contributed by atoms with E-state index in [-0.39, 0.29) is 11.9 Å². The maximum atomic E-state index is 12.5. The van der Waals surface area contributed by atoms with E-state index < -0.39 is 0 Å². The molecule has 0 saturated carbocycles. The monoisotopic (exact) mass is 333 g/mol. The summed E-state index contributed by atoms with van der Waals surface area (Å²) in [5, 5.41) is 5.86. The van der Waals surface area contributed by atoms with Gasteiger partial charge in [-0.2, -0.15) is 0 Å². The number of amides is 3. The number of urea groups is 1. The number of likely N-dealkylation sites (tertiary alicyclic amines) is 1. The van der Waals surface area contributed by atoms with Gasteiger partial charge in [0.1, 0.15) is 5.75 Å². The second-order valence-corrected chi connectivity index (χ2v) is 5.97. The smallest absolute Gasteiger partial charge is 0.321 e. The Labute approximate surface area is 143 Å². The van der Waals surface area contributed by atoms with E-state index in [2.05, 4.69) is 10.6 Å². The van der Waals surface area contributed by atoms with Crippen LogP contribution in [0.2, 0.25) is 0 Å². The van der Waals surface area contributed by atoms with Crippen molar-refractivity contribution in [2.75, 3.05) is 31.6 Å². The number of nitrogens with one attached hydrogen (secondary N) is 2. The lowest BCUT2D eigenvalue weighted by Gasteiger charge is -2.33. The number of carbonyl (C=O) groups is 2. The molecule has 132 valence electrons. The van der Waals surface area contributed by atoms with Crippen molar-refractivity contribution in [3.63, 3.8) is 0 Å². The minimum absolute atomic E-state index is 0.0576. The van der Waals surface area contributed by atoms with Crippen molar-refractivity contribution in [3.05, 3.63) is 24.3 Å². The number of benzene rings is 1. The molecule has 0 unspecified atom stereocenters. The molecule has 1 aliphatic heterocycles. The summed E-state index contributed by atoms with van der Waals surface area (Å²) in [5.41, 5.74) is 0.686. The summed E-state index contributed by atoms with van der Waals surface area (Å²) in [6.07, 6.45) is 2.47. The number of para-hydroxylation sites is 2. The van der Waals surface area contributed by atoms with Crippen molar-refractivity contribution in [1.29, 1.82) is 0 Å². The van der Waals surface area contributed by atoms with Crippen LogP contribution in [0.4, 0.5) is 10.5 Å². The third-order valence-electron chi connectivity index (χ3n) is 4.14. The Bertz CT molecular complexity index is 562. The van der Waals surface area contributed by atoms with E-state index in [4.69, 9.17) is 4.74 Å². The quantitative estimate of drug-likeness (QED) is 0.841. The summed E-state index contributed by atoms with van der Waals surface area (Å²) in [5.74, 6) is 1.04. The van der Waals surface area contributed by atoms with Crippen molar-refractivity contribution in [1.82, 2.24) is 10.2 Å². The summed E-state index contributed by atoms with van der Waals surface area (Å²) in [4.78, 5) is 25.7. The van der Waals surface area contributed by atoms with Crippen LogP contribution in [0.1, 0.15) is 33.1 Å². The Morgan fingerprint density at radius 1 is 1.29 bits per heavy atom. The van der Waals surface area contributed by atoms with Crippen molar-refractivity contribution in [3.8, 4) is 5.75 Å². The van der Waals surface area contributed by atoms with Crippen LogP contribution in [0.25, 0.3) is 0 Å². The van der Waals surface area contributed by atoms with Crippen LogP contribution in [0.5, 0.6) is 5.75 Å². The van der Waals surface area contributed by atoms with Crippen LogP contribution >= 0.6 is 0 Å². The fourth-order valence-electron chi connectivity index (χ4n) is 2.84. The van der Waals surface area contributed by atoms with Crippen molar-refractivity contribution >= 4 is 17.6 Å². The lowest BCUT2D eigenvalue weighted by atomic mass is 9.98. The van der Waals surface area contributed by atoms with Crippen LogP contribution in [0.3, 0.4) is 0 Å². The minimum atomic E-state index is -0.117. The van der Waals surface area contributed by atoms with Gasteiger partial charge < -0.3 is 20.3 Å². The lowest BCUT2D eigenvalue weighted by molar-refractivity contribution is -0.121. The second-order valence-electron chi connectivity index (χ2n) is 5.97. The number of carbonyl (C=O) groups excluding carboxylic acids is 2. The molecule has 6 heteroatoms. The lowest BCUT2D eigenvalue weighted by Crippen LogP contribution is -2.45. The molecule has 0 aromatic heterocycles. The molecular formula is C18H27N3O3. The van der Waals surface area contributed by atoms with E-state index >= 15 is 0 Å². The van der Waals surface area contributed by atoms with Crippen LogP contribution in [-0.2, 0) is 4.79 Å². The van der Waals surface area contributed by atoms with Gasteiger partial charge in [0.15, 0.2) is 0 Å². The number of piperidine rings is 1. The molecule has 1 aliphatic rings. The predicted octanol–water partition coefficient (Wildman–Crippen LogP) is 2.86. The Kier molecular flexibility index (Phi) is 6.90. The van der Waals surface area contributed by atoms with Crippen molar-refractivity contribution in [2.45, 2.75) is 33.1 Å². The Morgan fingerprint density at radius 2 is 2.08 bits per heavy atom. The SMILES string of the molecule is CCOc1ccccc1NC(=O)N1CCC[C@@H](CNC(=O)CC)C1. The van der Waals surface area contributed by atoms with Gasteiger partial charge in [0.25, 0.3) is 0 Å². The fourth-order valence-corrected chi connectivity index (χ4v) is 2.84. The summed E-state index contributed by atoms with van der Waals surface area (Å²) in [6.45, 7) is 6.33. The molecule has 24 heavy (non-hydrogen) atoms. The van der Waals surface area contributed by atoms with Gasteiger partial charge in [-0.15, -0.1) is 0 Å². The third-order valence-corrected chi connectivity index (χ3v) is 4.14. The van der Waals surface area contributed by atoms with Crippen molar-refractivity contribution < 1.29 is 14.3 Å². The normalized spacial score (nSPS) is 17.2. The minimum Gasteiger partial charge on any atom is -0.492 e. The topological polar surface area (TPSA) is 70.7 Å². The molecule has 0 bridgehead atoms. The first-order valence-electron chi connectivity index (χ1n) is 8.68. The fraction of sp³-hybridized carbons (Fsp3) is 0.556. The molecule has 1 heterocycles. The Balaban J connectivity index is 1.91. The summed E-state index contributed by atoms with van der Waals surface area (Å²) >= 11 is 0. The first kappa shape index (κ1) is 18.1. The van der Waals surface area contributed by atoms with Gasteiger partial charge >= 0.3 is 6.03 Å². The van der Waals surface area contributed by atoms with E-state index in [0.29, 0.717) is 43.5 Å². The highest BCUT2D eigenvalue weighted by Gasteiger charge is 2.24. The number of hydrogen-bond acceptors (Lipinski definition) is 3. The number of nitrogens with zero attached hydrogens (tertiary/aromatic N) is 1. The molecule has 0 aliphatic carbocycles. The van der Waals surface area contributed by atoms with Gasteiger partial charge in [-0.25, -0.2) is 4.79 Å². The average molecular weight is 333 g/mol. The maximum Gasteiger partial charge on any atom is 0.321 e. The third kappa shape index (κ3) is 5.15. The zero-order valence-electron chi connectivity index (χ0n) is 14.5. The molecule has 6 nitrogen and oxygen atoms in total. The van der Waals surface area contributed by atoms with Crippen molar-refractivity contribution in [2.24, 2.45) is 5.92 Å². The molecule has 1 fully saturated rings. The zero-order chi connectivity index (χ0) is 17.4. The Morgan fingerprint density at radius 3 is 2.83 bits per heavy atom. The molecule has 1 atom stereocenters. The summed E-state index contributed by atoms with van der Waals surface area (Å²) in [6, 6.07) is 7.32. The van der Waals surface area contributed by atoms with Crippen LogP contribution in [0.15, 0.2) is 24.3 Å². The standard InChI is InChI=1S/C18H27N3O3/c1-3-17(22)19-12-14-8-7-11-21(13-14)18(23)20-15-9-5-6-10-16(15)24-4-2/h5-6,9-10,14H,3-4,7-8,11-13H2,1-2H3,(H,19,22)(H,20,23)/t14-/m0/s1. The van der Waals surface area contributed by atoms with Gasteiger partial charge in [-0.1, -0.05) is 19.1 Å². The number of rotatable bonds is 6. The molecule has 1 aromatic carbocycles. The first-order chi connectivity index (χ1) is 11.6. The van der Waals surface area contributed by atoms with Crippen LogP contribution in [0, 0.1) is 5.92 Å². The number of anilines is 1. The molecule has 2 N–H and O–H groups in total. The van der Waals surface area contributed by atoms with Gasteiger partial charge in [0, 0.05) is 26.1 Å². The van der Waals surface area contributed by atoms with Crippen LogP contribution < -0.4 is 15.4 Å². The molecular weight excluding hydrogens is 306 g/mol. The zero-order valence-corrected chi connectivity index (χ0v) is 14.5. The second kappa shape index (κ2) is 9.15. The van der Waals surface area contributed by atoms with E-state index in [0.717, 1.165) is 19.4 Å². The maximum absolute atomic E-state index is 12.5. The van der Waals surface area contributed by atoms with Gasteiger partial charge in [0.05, 0.1) is 12.3 Å². The van der Waals surface area contributed by atoms with E-state index in [1.54, 1.807) is 0 Å². The summed E-state index contributed by atoms with van der Waals surface area (Å²) < 4.78 is 5.54. The highest BCUT2D eigenvalue weighted by atomic mass is 16.5. The number of hydrogen-bond donors (Lipinski definition) is 2. The van der Waals surface area contributed by atoms with Crippen LogP contribution in [-0.4, -0.2) is 43.1 Å². The molecule has 0 radical (unpaired) electrons. The molecule has 1 aromatic rings. The van der Waals surface area contributed by atoms with Gasteiger partial charge in [-0.05, 0) is 37.8 Å². The van der Waals surface area contributed by atoms with E-state index in [9.17, 15) is 9.59 Å². The van der Waals surface area contributed by atoms with Gasteiger partial charge in [-0.3, -0.25) is 4.79 Å². The summed E-state index contributed by atoms with van der Waals surface area (Å²) in [7, 11) is 0. The largest absolute Gasteiger partial charge is 0.492 e. The number of ether oxygens (including phenoxy) is 1. The Hall–Kier alpha value is -2.24. The first-order valence-corrected chi connectivity index (χ1v) is 8.68. The molecule has 2 rings (SSSR count). The molecule has 1 saturated heterocycles. The molecule has 0 spiro atoms. The highest BCUT2D eigenvalue weighted by molar-refractivity contribution is 5.91. The predicted molar refractivity (Wildman–Crippen MR) is 94.2 cm³/mol. The molecule has 3 amide bonds.